The van der Waals surface area contributed by atoms with E-state index in [9.17, 15) is 14.3 Å². The Balaban J connectivity index is 1.40. The molecule has 1 N–H and O–H groups in total. The van der Waals surface area contributed by atoms with Gasteiger partial charge in [0.2, 0.25) is 5.91 Å². The summed E-state index contributed by atoms with van der Waals surface area (Å²) in [7, 11) is 0. The van der Waals surface area contributed by atoms with Crippen molar-refractivity contribution in [3.05, 3.63) is 35.1 Å². The monoisotopic (exact) mass is 345 g/mol. The maximum Gasteiger partial charge on any atom is 0.228 e. The highest BCUT2D eigenvalue weighted by Crippen LogP contribution is 2.52. The second-order valence-corrected chi connectivity index (χ2v) is 8.48. The van der Waals surface area contributed by atoms with Gasteiger partial charge in [-0.15, -0.1) is 0 Å². The summed E-state index contributed by atoms with van der Waals surface area (Å²) in [5.41, 5.74) is 2.45. The molecule has 1 aromatic carbocycles. The number of hydrogen-bond acceptors (Lipinski definition) is 2. The van der Waals surface area contributed by atoms with Crippen molar-refractivity contribution in [3.8, 4) is 0 Å². The van der Waals surface area contributed by atoms with Crippen LogP contribution in [-0.4, -0.2) is 35.6 Å². The molecule has 2 atom stereocenters. The Bertz CT molecular complexity index is 660. The van der Waals surface area contributed by atoms with Crippen molar-refractivity contribution in [3.63, 3.8) is 0 Å². The minimum Gasteiger partial charge on any atom is -0.396 e. The first-order valence-electron chi connectivity index (χ1n) is 9.74. The Labute approximate surface area is 149 Å². The summed E-state index contributed by atoms with van der Waals surface area (Å²) in [6, 6.07) is 5.72. The first-order valence-corrected chi connectivity index (χ1v) is 9.74. The SMILES string of the molecule is CC[C@H](CO)C(=O)N1CC2(CCC(c3ccc(F)c(C4CC4)c3)C2)C1. The van der Waals surface area contributed by atoms with Crippen molar-refractivity contribution in [1.29, 1.82) is 0 Å². The number of aliphatic hydroxyl groups excluding tert-OH is 1. The fourth-order valence-electron chi connectivity index (χ4n) is 4.86. The molecular formula is C21H28FNO2. The number of likely N-dealkylation sites (tertiary alicyclic amines) is 1. The predicted molar refractivity (Wildman–Crippen MR) is 94.8 cm³/mol. The molecule has 1 saturated heterocycles. The molecular weight excluding hydrogens is 317 g/mol. The summed E-state index contributed by atoms with van der Waals surface area (Å²) in [4.78, 5) is 14.3. The molecule has 2 saturated carbocycles. The van der Waals surface area contributed by atoms with Gasteiger partial charge in [-0.1, -0.05) is 19.1 Å². The molecule has 1 spiro atoms. The van der Waals surface area contributed by atoms with E-state index in [1.807, 2.05) is 17.9 Å². The van der Waals surface area contributed by atoms with Crippen molar-refractivity contribution >= 4 is 5.91 Å². The first kappa shape index (κ1) is 17.0. The zero-order chi connectivity index (χ0) is 17.6. The highest BCUT2D eigenvalue weighted by Gasteiger charge is 2.50. The number of rotatable bonds is 5. The molecule has 3 fully saturated rings. The van der Waals surface area contributed by atoms with Crippen molar-refractivity contribution in [2.45, 2.75) is 57.3 Å². The third-order valence-corrected chi connectivity index (χ3v) is 6.64. The van der Waals surface area contributed by atoms with Crippen LogP contribution in [0.15, 0.2) is 18.2 Å². The van der Waals surface area contributed by atoms with E-state index in [2.05, 4.69) is 6.07 Å². The van der Waals surface area contributed by atoms with E-state index in [0.717, 1.165) is 50.8 Å². The molecule has 0 radical (unpaired) electrons. The fraction of sp³-hybridized carbons (Fsp3) is 0.667. The number of halogens is 1. The fourth-order valence-corrected chi connectivity index (χ4v) is 4.86. The van der Waals surface area contributed by atoms with Crippen LogP contribution in [0.25, 0.3) is 0 Å². The molecule has 0 aromatic heterocycles. The van der Waals surface area contributed by atoms with Gasteiger partial charge in [-0.2, -0.15) is 0 Å². The van der Waals surface area contributed by atoms with E-state index in [1.165, 1.54) is 5.56 Å². The van der Waals surface area contributed by atoms with Crippen LogP contribution in [0.2, 0.25) is 0 Å². The van der Waals surface area contributed by atoms with Crippen molar-refractivity contribution < 1.29 is 14.3 Å². The van der Waals surface area contributed by atoms with E-state index in [-0.39, 0.29) is 29.7 Å². The number of carbonyl (C=O) groups excluding carboxylic acids is 1. The number of benzene rings is 1. The topological polar surface area (TPSA) is 40.5 Å². The maximum atomic E-state index is 14.0. The Kier molecular flexibility index (Phi) is 4.35. The van der Waals surface area contributed by atoms with Crippen LogP contribution >= 0.6 is 0 Å². The number of aliphatic hydroxyl groups is 1. The third-order valence-electron chi connectivity index (χ3n) is 6.64. The molecule has 1 aromatic rings. The number of hydrogen-bond donors (Lipinski definition) is 1. The molecule has 3 aliphatic rings. The van der Waals surface area contributed by atoms with E-state index in [4.69, 9.17) is 0 Å². The quantitative estimate of drug-likeness (QED) is 0.881. The van der Waals surface area contributed by atoms with Crippen LogP contribution in [0, 0.1) is 17.2 Å². The molecule has 1 heterocycles. The smallest absolute Gasteiger partial charge is 0.228 e. The largest absolute Gasteiger partial charge is 0.396 e. The summed E-state index contributed by atoms with van der Waals surface area (Å²) in [6.07, 6.45) is 6.32. The Morgan fingerprint density at radius 1 is 1.32 bits per heavy atom. The average molecular weight is 345 g/mol. The highest BCUT2D eigenvalue weighted by molar-refractivity contribution is 5.80. The zero-order valence-corrected chi connectivity index (χ0v) is 15.0. The molecule has 1 unspecified atom stereocenters. The van der Waals surface area contributed by atoms with Crippen LogP contribution in [0.1, 0.15) is 68.4 Å². The first-order chi connectivity index (χ1) is 12.0. The average Bonchev–Trinajstić information content (AvgIpc) is 3.32. The van der Waals surface area contributed by atoms with Gasteiger partial charge in [-0.05, 0) is 67.6 Å². The van der Waals surface area contributed by atoms with E-state index in [1.54, 1.807) is 6.07 Å². The third kappa shape index (κ3) is 3.10. The normalized spacial score (nSPS) is 25.9. The Morgan fingerprint density at radius 3 is 2.72 bits per heavy atom. The molecule has 136 valence electrons. The second kappa shape index (κ2) is 6.39. The minimum absolute atomic E-state index is 0.0472. The van der Waals surface area contributed by atoms with E-state index < -0.39 is 0 Å². The van der Waals surface area contributed by atoms with Gasteiger partial charge in [0.15, 0.2) is 0 Å². The van der Waals surface area contributed by atoms with Gasteiger partial charge in [0.25, 0.3) is 0 Å². The lowest BCUT2D eigenvalue weighted by atomic mass is 9.76. The summed E-state index contributed by atoms with van der Waals surface area (Å²) in [6.45, 7) is 3.55. The molecule has 1 amide bonds. The summed E-state index contributed by atoms with van der Waals surface area (Å²) < 4.78 is 14.0. The summed E-state index contributed by atoms with van der Waals surface area (Å²) >= 11 is 0. The van der Waals surface area contributed by atoms with Crippen LogP contribution in [0.3, 0.4) is 0 Å². The lowest BCUT2D eigenvalue weighted by Crippen LogP contribution is -2.58. The van der Waals surface area contributed by atoms with Gasteiger partial charge in [-0.3, -0.25) is 4.79 Å². The van der Waals surface area contributed by atoms with E-state index >= 15 is 0 Å². The number of nitrogens with zero attached hydrogens (tertiary/aromatic N) is 1. The summed E-state index contributed by atoms with van der Waals surface area (Å²) in [5, 5.41) is 9.33. The summed E-state index contributed by atoms with van der Waals surface area (Å²) in [5.74, 6) is 0.755. The zero-order valence-electron chi connectivity index (χ0n) is 15.0. The molecule has 2 aliphatic carbocycles. The molecule has 1 aliphatic heterocycles. The van der Waals surface area contributed by atoms with Crippen LogP contribution in [0.5, 0.6) is 0 Å². The minimum atomic E-state index is -0.243. The van der Waals surface area contributed by atoms with Crippen molar-refractivity contribution in [1.82, 2.24) is 4.90 Å². The maximum absolute atomic E-state index is 14.0. The molecule has 25 heavy (non-hydrogen) atoms. The molecule has 3 nitrogen and oxygen atoms in total. The van der Waals surface area contributed by atoms with Crippen molar-refractivity contribution in [2.24, 2.45) is 11.3 Å². The van der Waals surface area contributed by atoms with Gasteiger partial charge >= 0.3 is 0 Å². The molecule has 4 rings (SSSR count). The van der Waals surface area contributed by atoms with Gasteiger partial charge in [0.1, 0.15) is 5.82 Å². The van der Waals surface area contributed by atoms with Crippen LogP contribution < -0.4 is 0 Å². The van der Waals surface area contributed by atoms with Gasteiger partial charge < -0.3 is 10.0 Å². The second-order valence-electron chi connectivity index (χ2n) is 8.48. The lowest BCUT2D eigenvalue weighted by Gasteiger charge is -2.49. The predicted octanol–water partition coefficient (Wildman–Crippen LogP) is 3.82. The number of amides is 1. The van der Waals surface area contributed by atoms with E-state index in [0.29, 0.717) is 18.3 Å². The Morgan fingerprint density at radius 2 is 2.08 bits per heavy atom. The number of carbonyl (C=O) groups is 1. The van der Waals surface area contributed by atoms with Gasteiger partial charge in [-0.25, -0.2) is 4.39 Å². The van der Waals surface area contributed by atoms with Crippen LogP contribution in [-0.2, 0) is 4.79 Å². The standard InChI is InChI=1S/C21H28FNO2/c1-2-14(11-24)20(25)23-12-21(13-23)8-7-17(10-21)16-5-6-19(22)18(9-16)15-3-4-15/h5-6,9,14-15,17,24H,2-4,7-8,10-13H2,1H3/t14-,17?/m1/s1. The van der Waals surface area contributed by atoms with Crippen LogP contribution in [0.4, 0.5) is 4.39 Å². The highest BCUT2D eigenvalue weighted by atomic mass is 19.1. The molecule has 0 bridgehead atoms. The van der Waals surface area contributed by atoms with Gasteiger partial charge in [0.05, 0.1) is 12.5 Å². The van der Waals surface area contributed by atoms with Crippen molar-refractivity contribution in [2.75, 3.05) is 19.7 Å². The Hall–Kier alpha value is -1.42. The van der Waals surface area contributed by atoms with Gasteiger partial charge in [0, 0.05) is 18.5 Å². The molecule has 4 heteroatoms. The lowest BCUT2D eigenvalue weighted by molar-refractivity contribution is -0.149.